The van der Waals surface area contributed by atoms with Gasteiger partial charge < -0.3 is 4.74 Å². The first-order valence-corrected chi connectivity index (χ1v) is 4.73. The van der Waals surface area contributed by atoms with Gasteiger partial charge in [-0.25, -0.2) is 4.79 Å². The molecule has 0 unspecified atom stereocenters. The number of carbonyl (C=O) groups is 1. The number of hydrogen-bond acceptors (Lipinski definition) is 3. The first kappa shape index (κ1) is 9.93. The molecule has 1 aromatic carbocycles. The molecule has 4 heteroatoms. The van der Waals surface area contributed by atoms with Gasteiger partial charge in [-0.1, -0.05) is 17.7 Å². The van der Waals surface area contributed by atoms with Crippen molar-refractivity contribution in [3.05, 3.63) is 41.0 Å². The molecule has 0 atom stereocenters. The minimum absolute atomic E-state index is 0.376. The van der Waals surface area contributed by atoms with Gasteiger partial charge in [0.2, 0.25) is 0 Å². The molecule has 15 heavy (non-hydrogen) atoms. The lowest BCUT2D eigenvalue weighted by Gasteiger charge is -2.02. The molecule has 0 saturated heterocycles. The van der Waals surface area contributed by atoms with E-state index in [-0.39, 0.29) is 5.97 Å². The molecule has 0 bridgehead atoms. The van der Waals surface area contributed by atoms with Crippen LogP contribution in [0.5, 0.6) is 0 Å². The van der Waals surface area contributed by atoms with Crippen LogP contribution in [0.2, 0.25) is 5.02 Å². The maximum atomic E-state index is 11.3. The second-order valence-electron chi connectivity index (χ2n) is 3.02. The normalized spacial score (nSPS) is 10.3. The molecule has 76 valence electrons. The van der Waals surface area contributed by atoms with Crippen LogP contribution in [0.25, 0.3) is 10.9 Å². The van der Waals surface area contributed by atoms with Gasteiger partial charge in [0.25, 0.3) is 0 Å². The number of benzene rings is 1. The lowest BCUT2D eigenvalue weighted by atomic mass is 10.1. The number of halogens is 1. The van der Waals surface area contributed by atoms with Crippen LogP contribution in [0.15, 0.2) is 30.5 Å². The monoisotopic (exact) mass is 221 g/mol. The van der Waals surface area contributed by atoms with E-state index < -0.39 is 0 Å². The molecule has 0 N–H and O–H groups in total. The summed E-state index contributed by atoms with van der Waals surface area (Å²) in [6, 6.07) is 6.80. The fraction of sp³-hybridized carbons (Fsp3) is 0.0909. The van der Waals surface area contributed by atoms with E-state index in [4.69, 9.17) is 11.6 Å². The summed E-state index contributed by atoms with van der Waals surface area (Å²) in [6.07, 6.45) is 1.60. The van der Waals surface area contributed by atoms with Crippen LogP contribution in [-0.2, 0) is 4.74 Å². The predicted molar refractivity (Wildman–Crippen MR) is 58.1 cm³/mol. The van der Waals surface area contributed by atoms with Crippen molar-refractivity contribution in [1.29, 1.82) is 0 Å². The number of hydrogen-bond donors (Lipinski definition) is 0. The summed E-state index contributed by atoms with van der Waals surface area (Å²) < 4.78 is 4.62. The van der Waals surface area contributed by atoms with E-state index in [9.17, 15) is 4.79 Å². The molecule has 2 aromatic rings. The van der Waals surface area contributed by atoms with Crippen LogP contribution in [0, 0.1) is 0 Å². The number of ether oxygens (including phenoxy) is 1. The van der Waals surface area contributed by atoms with Gasteiger partial charge >= 0.3 is 5.97 Å². The van der Waals surface area contributed by atoms with Gasteiger partial charge in [-0.3, -0.25) is 4.98 Å². The highest BCUT2D eigenvalue weighted by atomic mass is 35.5. The second-order valence-corrected chi connectivity index (χ2v) is 3.42. The average Bonchev–Trinajstić information content (AvgIpc) is 2.28. The van der Waals surface area contributed by atoms with Gasteiger partial charge in [-0.15, -0.1) is 0 Å². The highest BCUT2D eigenvalue weighted by Gasteiger charge is 2.07. The lowest BCUT2D eigenvalue weighted by molar-refractivity contribution is 0.0601. The number of esters is 1. The zero-order valence-electron chi connectivity index (χ0n) is 8.03. The molecule has 0 fully saturated rings. The van der Waals surface area contributed by atoms with Crippen molar-refractivity contribution in [3.8, 4) is 0 Å². The maximum Gasteiger partial charge on any atom is 0.337 e. The quantitative estimate of drug-likeness (QED) is 0.695. The zero-order valence-corrected chi connectivity index (χ0v) is 8.78. The van der Waals surface area contributed by atoms with Gasteiger partial charge in [0.1, 0.15) is 0 Å². The fourth-order valence-corrected chi connectivity index (χ4v) is 1.57. The third kappa shape index (κ3) is 1.78. The van der Waals surface area contributed by atoms with Crippen molar-refractivity contribution in [1.82, 2.24) is 4.98 Å². The number of methoxy groups -OCH3 is 1. The van der Waals surface area contributed by atoms with Gasteiger partial charge in [-0.2, -0.15) is 0 Å². The number of pyridine rings is 1. The van der Waals surface area contributed by atoms with Crippen molar-refractivity contribution in [2.24, 2.45) is 0 Å². The van der Waals surface area contributed by atoms with Gasteiger partial charge in [-0.05, 0) is 18.2 Å². The Balaban J connectivity index is 2.62. The summed E-state index contributed by atoms with van der Waals surface area (Å²) in [4.78, 5) is 15.4. The molecular weight excluding hydrogens is 214 g/mol. The number of rotatable bonds is 1. The van der Waals surface area contributed by atoms with Gasteiger partial charge in [0.15, 0.2) is 0 Å². The van der Waals surface area contributed by atoms with Gasteiger partial charge in [0.05, 0.1) is 23.2 Å². The molecule has 0 spiro atoms. The fourth-order valence-electron chi connectivity index (χ4n) is 1.36. The van der Waals surface area contributed by atoms with E-state index in [0.29, 0.717) is 16.1 Å². The number of nitrogens with zero attached hydrogens (tertiary/aromatic N) is 1. The van der Waals surface area contributed by atoms with E-state index in [1.807, 2.05) is 0 Å². The van der Waals surface area contributed by atoms with E-state index in [2.05, 4.69) is 9.72 Å². The second kappa shape index (κ2) is 3.87. The lowest BCUT2D eigenvalue weighted by Crippen LogP contribution is -2.00. The summed E-state index contributed by atoms with van der Waals surface area (Å²) in [5, 5.41) is 1.45. The molecule has 0 amide bonds. The summed E-state index contributed by atoms with van der Waals surface area (Å²) in [5.74, 6) is -0.376. The van der Waals surface area contributed by atoms with Crippen LogP contribution >= 0.6 is 11.6 Å². The Morgan fingerprint density at radius 3 is 2.93 bits per heavy atom. The number of fused-ring (bicyclic) bond motifs is 1. The highest BCUT2D eigenvalue weighted by molar-refractivity contribution is 6.35. The van der Waals surface area contributed by atoms with Crippen LogP contribution in [0.4, 0.5) is 0 Å². The Morgan fingerprint density at radius 2 is 2.20 bits per heavy atom. The first-order chi connectivity index (χ1) is 7.22. The Morgan fingerprint density at radius 1 is 1.40 bits per heavy atom. The summed E-state index contributed by atoms with van der Waals surface area (Å²) in [5.41, 5.74) is 1.16. The van der Waals surface area contributed by atoms with E-state index in [1.54, 1.807) is 30.5 Å². The van der Waals surface area contributed by atoms with Crippen molar-refractivity contribution >= 4 is 28.5 Å². The molecule has 0 aliphatic carbocycles. The Kier molecular flexibility index (Phi) is 2.56. The Labute approximate surface area is 91.6 Å². The average molecular weight is 222 g/mol. The molecule has 2 rings (SSSR count). The summed E-state index contributed by atoms with van der Waals surface area (Å²) in [7, 11) is 1.35. The standard InChI is InChI=1S/C11H8ClNO2/c1-15-11(14)7-2-3-8-9(12)4-5-13-10(8)6-7/h2-6H,1H3. The molecule has 1 aromatic heterocycles. The predicted octanol–water partition coefficient (Wildman–Crippen LogP) is 2.67. The van der Waals surface area contributed by atoms with Crippen LogP contribution in [-0.4, -0.2) is 18.1 Å². The molecule has 0 saturated carbocycles. The molecule has 1 heterocycles. The molecule has 3 nitrogen and oxygen atoms in total. The molecule has 0 radical (unpaired) electrons. The summed E-state index contributed by atoms with van der Waals surface area (Å²) in [6.45, 7) is 0. The Hall–Kier alpha value is -1.61. The minimum atomic E-state index is -0.376. The van der Waals surface area contributed by atoms with Crippen molar-refractivity contribution in [2.45, 2.75) is 0 Å². The zero-order chi connectivity index (χ0) is 10.8. The molecular formula is C11H8ClNO2. The van der Waals surface area contributed by atoms with Crippen molar-refractivity contribution in [2.75, 3.05) is 7.11 Å². The largest absolute Gasteiger partial charge is 0.465 e. The van der Waals surface area contributed by atoms with Crippen LogP contribution < -0.4 is 0 Å². The van der Waals surface area contributed by atoms with Crippen LogP contribution in [0.3, 0.4) is 0 Å². The SMILES string of the molecule is COC(=O)c1ccc2c(Cl)ccnc2c1. The summed E-state index contributed by atoms with van der Waals surface area (Å²) >= 11 is 5.97. The van der Waals surface area contributed by atoms with Crippen molar-refractivity contribution in [3.63, 3.8) is 0 Å². The third-order valence-electron chi connectivity index (χ3n) is 2.11. The smallest absolute Gasteiger partial charge is 0.337 e. The van der Waals surface area contributed by atoms with Gasteiger partial charge in [0, 0.05) is 11.6 Å². The van der Waals surface area contributed by atoms with E-state index >= 15 is 0 Å². The van der Waals surface area contributed by atoms with Crippen LogP contribution in [0.1, 0.15) is 10.4 Å². The highest BCUT2D eigenvalue weighted by Crippen LogP contribution is 2.22. The third-order valence-corrected chi connectivity index (χ3v) is 2.44. The van der Waals surface area contributed by atoms with E-state index in [0.717, 1.165) is 5.39 Å². The maximum absolute atomic E-state index is 11.3. The number of carbonyl (C=O) groups excluding carboxylic acids is 1. The number of aromatic nitrogens is 1. The van der Waals surface area contributed by atoms with Crippen molar-refractivity contribution < 1.29 is 9.53 Å². The molecule has 0 aliphatic heterocycles. The van der Waals surface area contributed by atoms with E-state index in [1.165, 1.54) is 7.11 Å². The topological polar surface area (TPSA) is 39.2 Å². The Bertz CT molecular complexity index is 525. The molecule has 0 aliphatic rings. The minimum Gasteiger partial charge on any atom is -0.465 e. The first-order valence-electron chi connectivity index (χ1n) is 4.35.